The van der Waals surface area contributed by atoms with Crippen molar-refractivity contribution in [2.45, 2.75) is 31.5 Å². The minimum absolute atomic E-state index is 0. The molecule has 0 saturated carbocycles. The summed E-state index contributed by atoms with van der Waals surface area (Å²) in [5.41, 5.74) is 7.26. The van der Waals surface area contributed by atoms with Crippen LogP contribution in [0.3, 0.4) is 0 Å². The molecule has 0 bridgehead atoms. The number of esters is 3. The molecule has 4 atom stereocenters. The smallest absolute Gasteiger partial charge is 0.338 e. The summed E-state index contributed by atoms with van der Waals surface area (Å²) in [5.74, 6) is -2.67. The van der Waals surface area contributed by atoms with Gasteiger partial charge in [-0.15, -0.1) is 0 Å². The van der Waals surface area contributed by atoms with Gasteiger partial charge in [0.05, 0.1) is 16.7 Å². The first-order chi connectivity index (χ1) is 20.8. The first-order valence-corrected chi connectivity index (χ1v) is 13.5. The average Bonchev–Trinajstić information content (AvgIpc) is 3.36. The van der Waals surface area contributed by atoms with E-state index in [1.807, 2.05) is 0 Å². The van der Waals surface area contributed by atoms with Crippen molar-refractivity contribution in [2.24, 2.45) is 5.73 Å². The molecule has 10 nitrogen and oxygen atoms in total. The molecule has 0 aliphatic carbocycles. The van der Waals surface area contributed by atoms with E-state index in [0.29, 0.717) is 11.1 Å². The molecule has 4 aromatic rings. The summed E-state index contributed by atoms with van der Waals surface area (Å²) in [7, 11) is 0. The first-order valence-electron chi connectivity index (χ1n) is 13.5. The Hall–Kier alpha value is -4.87. The fourth-order valence-electron chi connectivity index (χ4n) is 4.73. The van der Waals surface area contributed by atoms with Gasteiger partial charge in [-0.3, -0.25) is 4.79 Å². The Balaban J connectivity index is 0.00000442. The molecule has 2 N–H and O–H groups in total. The van der Waals surface area contributed by atoms with Crippen LogP contribution in [0.25, 0.3) is 0 Å². The molecule has 3 aromatic carbocycles. The molecule has 1 amide bonds. The quantitative estimate of drug-likeness (QED) is 0.157. The van der Waals surface area contributed by atoms with Crippen molar-refractivity contribution in [2.75, 3.05) is 6.61 Å². The van der Waals surface area contributed by atoms with E-state index >= 15 is 0 Å². The second-order valence-corrected chi connectivity index (χ2v) is 9.91. The number of aryl methyl sites for hydroxylation is 1. The van der Waals surface area contributed by atoms with E-state index in [1.54, 1.807) is 110 Å². The lowest BCUT2D eigenvalue weighted by molar-refractivity contribution is -0.765. The number of aromatic nitrogens is 1. The van der Waals surface area contributed by atoms with Gasteiger partial charge in [-0.1, -0.05) is 54.6 Å². The van der Waals surface area contributed by atoms with Gasteiger partial charge in [-0.05, 0) is 49.4 Å². The van der Waals surface area contributed by atoms with Crippen LogP contribution < -0.4 is 27.3 Å². The largest absolute Gasteiger partial charge is 1.00 e. The van der Waals surface area contributed by atoms with E-state index < -0.39 is 48.4 Å². The van der Waals surface area contributed by atoms with Crippen molar-refractivity contribution in [1.29, 1.82) is 0 Å². The van der Waals surface area contributed by atoms with Gasteiger partial charge in [-0.2, -0.15) is 4.57 Å². The van der Waals surface area contributed by atoms with Gasteiger partial charge < -0.3 is 41.7 Å². The molecule has 1 aliphatic rings. The number of amides is 1. The minimum Gasteiger partial charge on any atom is -1.00 e. The van der Waals surface area contributed by atoms with Gasteiger partial charge >= 0.3 is 24.1 Å². The first kappa shape index (κ1) is 32.1. The zero-order chi connectivity index (χ0) is 30.3. The highest BCUT2D eigenvalue weighted by Gasteiger charge is 2.55. The highest BCUT2D eigenvalue weighted by molar-refractivity contribution is 5.92. The lowest BCUT2D eigenvalue weighted by Crippen LogP contribution is -3.00. The normalized spacial score (nSPS) is 18.8. The van der Waals surface area contributed by atoms with Crippen molar-refractivity contribution in [3.63, 3.8) is 0 Å². The second kappa shape index (κ2) is 14.5. The summed E-state index contributed by atoms with van der Waals surface area (Å²) in [6.45, 7) is 1.43. The van der Waals surface area contributed by atoms with Crippen molar-refractivity contribution in [1.82, 2.24) is 0 Å². The number of primary amides is 1. The highest BCUT2D eigenvalue weighted by Crippen LogP contribution is 2.33. The number of ether oxygens (including phenoxy) is 4. The molecule has 1 aliphatic heterocycles. The highest BCUT2D eigenvalue weighted by atomic mass is 79.9. The van der Waals surface area contributed by atoms with Crippen molar-refractivity contribution in [3.8, 4) is 0 Å². The summed E-state index contributed by atoms with van der Waals surface area (Å²) >= 11 is 0. The zero-order valence-corrected chi connectivity index (χ0v) is 25.2. The summed E-state index contributed by atoms with van der Waals surface area (Å²) in [6.07, 6.45) is -1.43. The molecule has 1 aromatic heterocycles. The number of nitrogens with zero attached hydrogens (tertiary/aromatic N) is 1. The van der Waals surface area contributed by atoms with E-state index in [0.717, 1.165) is 0 Å². The Morgan fingerprint density at radius 2 is 1.18 bits per heavy atom. The van der Waals surface area contributed by atoms with Crippen LogP contribution in [0, 0.1) is 6.92 Å². The zero-order valence-electron chi connectivity index (χ0n) is 23.6. The number of carbonyl (C=O) groups excluding carboxylic acids is 4. The SMILES string of the molecule is Cc1cc(C(N)=O)c[n+](C2OC(COC(=O)c3ccccc3)C(OC(=O)c3ccccc3)C2OC(=O)c2ccccc2)c1.[Br-]. The van der Waals surface area contributed by atoms with E-state index in [4.69, 9.17) is 24.7 Å². The Morgan fingerprint density at radius 1 is 0.705 bits per heavy atom. The number of pyridine rings is 1. The van der Waals surface area contributed by atoms with Gasteiger partial charge in [0.2, 0.25) is 6.10 Å². The van der Waals surface area contributed by atoms with Crippen LogP contribution in [0.2, 0.25) is 0 Å². The topological polar surface area (TPSA) is 135 Å². The van der Waals surface area contributed by atoms with Crippen molar-refractivity contribution >= 4 is 23.8 Å². The van der Waals surface area contributed by atoms with Gasteiger partial charge in [0.1, 0.15) is 18.3 Å². The molecule has 0 spiro atoms. The predicted molar refractivity (Wildman–Crippen MR) is 152 cm³/mol. The van der Waals surface area contributed by atoms with Crippen LogP contribution in [0.5, 0.6) is 0 Å². The number of halogens is 1. The number of carbonyl (C=O) groups is 4. The van der Waals surface area contributed by atoms with E-state index in [1.165, 1.54) is 10.8 Å². The summed E-state index contributed by atoms with van der Waals surface area (Å²) in [5, 5.41) is 0. The molecule has 5 rings (SSSR count). The molecule has 2 heterocycles. The van der Waals surface area contributed by atoms with Crippen LogP contribution in [-0.2, 0) is 18.9 Å². The van der Waals surface area contributed by atoms with E-state index in [2.05, 4.69) is 0 Å². The van der Waals surface area contributed by atoms with Gasteiger partial charge in [0.25, 0.3) is 5.91 Å². The summed E-state index contributed by atoms with van der Waals surface area (Å²) < 4.78 is 25.3. The molecular weight excluding hydrogens is 632 g/mol. The molecule has 11 heteroatoms. The molecule has 226 valence electrons. The number of nitrogens with two attached hydrogens (primary N) is 1. The fourth-order valence-corrected chi connectivity index (χ4v) is 4.73. The van der Waals surface area contributed by atoms with Crippen LogP contribution in [-0.4, -0.2) is 48.7 Å². The molecule has 1 fully saturated rings. The molecule has 0 radical (unpaired) electrons. The van der Waals surface area contributed by atoms with Gasteiger partial charge in [0.15, 0.2) is 18.5 Å². The van der Waals surface area contributed by atoms with Crippen LogP contribution >= 0.6 is 0 Å². The molecular formula is C33H29BrN2O8. The van der Waals surface area contributed by atoms with E-state index in [9.17, 15) is 19.2 Å². The predicted octanol–water partition coefficient (Wildman–Crippen LogP) is 0.591. The number of rotatable bonds is 9. The Labute approximate surface area is 264 Å². The van der Waals surface area contributed by atoms with Crippen LogP contribution in [0.1, 0.15) is 53.2 Å². The second-order valence-electron chi connectivity index (χ2n) is 9.91. The van der Waals surface area contributed by atoms with Crippen molar-refractivity contribution < 1.29 is 59.7 Å². The van der Waals surface area contributed by atoms with Gasteiger partial charge in [0, 0.05) is 5.56 Å². The molecule has 44 heavy (non-hydrogen) atoms. The fraction of sp³-hybridized carbons (Fsp3) is 0.182. The average molecular weight is 662 g/mol. The number of hydrogen-bond acceptors (Lipinski definition) is 8. The third-order valence-corrected chi connectivity index (χ3v) is 6.78. The summed E-state index contributed by atoms with van der Waals surface area (Å²) in [4.78, 5) is 51.4. The maximum atomic E-state index is 13.3. The van der Waals surface area contributed by atoms with Crippen molar-refractivity contribution in [3.05, 3.63) is 137 Å². The number of benzene rings is 3. The van der Waals surface area contributed by atoms with E-state index in [-0.39, 0.29) is 40.3 Å². The summed E-state index contributed by atoms with van der Waals surface area (Å²) in [6, 6.07) is 26.6. The Morgan fingerprint density at radius 3 is 1.68 bits per heavy atom. The Kier molecular flexibility index (Phi) is 10.6. The molecule has 1 saturated heterocycles. The van der Waals surface area contributed by atoms with Crippen LogP contribution in [0.15, 0.2) is 109 Å². The number of hydrogen-bond donors (Lipinski definition) is 1. The monoisotopic (exact) mass is 660 g/mol. The third kappa shape index (κ3) is 7.55. The lowest BCUT2D eigenvalue weighted by Gasteiger charge is -2.23. The lowest BCUT2D eigenvalue weighted by atomic mass is 10.1. The maximum absolute atomic E-state index is 13.3. The van der Waals surface area contributed by atoms with Gasteiger partial charge in [-0.25, -0.2) is 14.4 Å². The standard InChI is InChI=1S/C33H28N2O8.BrH/c1-21-17-25(29(34)36)19-35(18-21)30-28(43-33(39)24-15-9-4-10-16-24)27(42-32(38)23-13-7-3-8-14-23)26(41-30)20-40-31(37)22-11-5-2-6-12-22;/h2-19,26-28,30H,20H2,1H3,(H-,34,36);1H. The van der Waals surface area contributed by atoms with Crippen LogP contribution in [0.4, 0.5) is 0 Å². The third-order valence-electron chi connectivity index (χ3n) is 6.78. The maximum Gasteiger partial charge on any atom is 0.338 e. The minimum atomic E-state index is -1.21. The Bertz CT molecular complexity index is 1620. The molecule has 4 unspecified atom stereocenters.